The Kier molecular flexibility index (Phi) is 5.87. The molecule has 0 bridgehead atoms. The topological polar surface area (TPSA) is 118 Å². The lowest BCUT2D eigenvalue weighted by molar-refractivity contribution is -0.385. The van der Waals surface area contributed by atoms with Gasteiger partial charge in [0.05, 0.1) is 23.1 Å². The molecular formula is C17H20N4O5S. The molecule has 0 amide bonds. The van der Waals surface area contributed by atoms with E-state index in [2.05, 4.69) is 10.5 Å². The number of hydrazone groups is 1. The molecule has 0 radical (unpaired) electrons. The van der Waals surface area contributed by atoms with Gasteiger partial charge in [0.1, 0.15) is 10.7 Å². The third-order valence-corrected chi connectivity index (χ3v) is 6.22. The molecule has 1 saturated heterocycles. The molecule has 3 rings (SSSR count). The third-order valence-electron chi connectivity index (χ3n) is 4.28. The van der Waals surface area contributed by atoms with E-state index in [0.29, 0.717) is 18.8 Å². The highest BCUT2D eigenvalue weighted by Crippen LogP contribution is 2.30. The lowest BCUT2D eigenvalue weighted by Gasteiger charge is -2.21. The maximum atomic E-state index is 13.1. The van der Waals surface area contributed by atoms with E-state index in [-0.39, 0.29) is 16.3 Å². The van der Waals surface area contributed by atoms with E-state index in [4.69, 9.17) is 4.42 Å². The number of hydrogen-bond acceptors (Lipinski definition) is 7. The molecule has 144 valence electrons. The van der Waals surface area contributed by atoms with Crippen molar-refractivity contribution in [2.75, 3.05) is 18.5 Å². The minimum Gasteiger partial charge on any atom is -0.463 e. The normalized spacial score (nSPS) is 16.3. The number of benzene rings is 1. The molecule has 1 aliphatic heterocycles. The van der Waals surface area contributed by atoms with E-state index >= 15 is 0 Å². The number of anilines is 1. The zero-order valence-electron chi connectivity index (χ0n) is 14.6. The van der Waals surface area contributed by atoms with Crippen LogP contribution in [0.2, 0.25) is 0 Å². The van der Waals surface area contributed by atoms with Crippen LogP contribution in [0.1, 0.15) is 31.4 Å². The molecule has 1 fully saturated rings. The Balaban J connectivity index is 1.94. The van der Waals surface area contributed by atoms with E-state index in [1.165, 1.54) is 28.9 Å². The molecule has 9 nitrogen and oxygen atoms in total. The predicted octanol–water partition coefficient (Wildman–Crippen LogP) is 3.20. The van der Waals surface area contributed by atoms with Crippen LogP contribution in [0.4, 0.5) is 11.4 Å². The first-order valence-electron chi connectivity index (χ1n) is 8.59. The van der Waals surface area contributed by atoms with Crippen LogP contribution in [0.15, 0.2) is 51.0 Å². The molecule has 1 aromatic heterocycles. The molecule has 0 atom stereocenters. The summed E-state index contributed by atoms with van der Waals surface area (Å²) < 4.78 is 32.8. The molecule has 1 aromatic carbocycles. The Morgan fingerprint density at radius 3 is 2.56 bits per heavy atom. The Morgan fingerprint density at radius 2 is 1.93 bits per heavy atom. The number of rotatable bonds is 6. The number of nitrogens with one attached hydrogen (secondary N) is 1. The van der Waals surface area contributed by atoms with Crippen molar-refractivity contribution in [3.05, 3.63) is 52.5 Å². The average molecular weight is 392 g/mol. The minimum absolute atomic E-state index is 0.157. The van der Waals surface area contributed by atoms with Gasteiger partial charge in [-0.1, -0.05) is 12.8 Å². The van der Waals surface area contributed by atoms with Crippen molar-refractivity contribution in [2.24, 2.45) is 5.10 Å². The number of nitro benzene ring substituents is 1. The van der Waals surface area contributed by atoms with Gasteiger partial charge in [0.15, 0.2) is 0 Å². The molecule has 10 heteroatoms. The van der Waals surface area contributed by atoms with Gasteiger partial charge in [0, 0.05) is 25.2 Å². The summed E-state index contributed by atoms with van der Waals surface area (Å²) in [6.07, 6.45) is 6.37. The highest BCUT2D eigenvalue weighted by Gasteiger charge is 2.29. The van der Waals surface area contributed by atoms with Crippen LogP contribution in [0.3, 0.4) is 0 Å². The zero-order chi connectivity index (χ0) is 19.3. The molecular weight excluding hydrogens is 372 g/mol. The van der Waals surface area contributed by atoms with Crippen molar-refractivity contribution in [1.29, 1.82) is 0 Å². The van der Waals surface area contributed by atoms with Crippen LogP contribution in [-0.2, 0) is 10.0 Å². The second kappa shape index (κ2) is 8.31. The Hall–Kier alpha value is -2.72. The number of nitro groups is 1. The molecule has 0 unspecified atom stereocenters. The monoisotopic (exact) mass is 392 g/mol. The highest BCUT2D eigenvalue weighted by atomic mass is 32.2. The van der Waals surface area contributed by atoms with Crippen LogP contribution in [0.25, 0.3) is 0 Å². The van der Waals surface area contributed by atoms with Gasteiger partial charge in [-0.05, 0) is 31.0 Å². The van der Waals surface area contributed by atoms with Gasteiger partial charge in [-0.25, -0.2) is 8.42 Å². The Bertz CT molecular complexity index is 917. The van der Waals surface area contributed by atoms with Crippen molar-refractivity contribution >= 4 is 27.6 Å². The van der Waals surface area contributed by atoms with E-state index in [1.807, 2.05) is 0 Å². The van der Waals surface area contributed by atoms with Gasteiger partial charge in [-0.15, -0.1) is 0 Å². The second-order valence-electron chi connectivity index (χ2n) is 6.14. The number of hydrogen-bond donors (Lipinski definition) is 1. The van der Waals surface area contributed by atoms with Crippen LogP contribution >= 0.6 is 0 Å². The molecule has 27 heavy (non-hydrogen) atoms. The van der Waals surface area contributed by atoms with E-state index < -0.39 is 14.9 Å². The zero-order valence-corrected chi connectivity index (χ0v) is 15.4. The minimum atomic E-state index is -3.89. The summed E-state index contributed by atoms with van der Waals surface area (Å²) in [4.78, 5) is 10.4. The average Bonchev–Trinajstić information content (AvgIpc) is 3.00. The largest absolute Gasteiger partial charge is 0.463 e. The van der Waals surface area contributed by atoms with Gasteiger partial charge in [-0.2, -0.15) is 9.41 Å². The Morgan fingerprint density at radius 1 is 1.19 bits per heavy atom. The van der Waals surface area contributed by atoms with Gasteiger partial charge in [0.2, 0.25) is 10.0 Å². The van der Waals surface area contributed by atoms with Crippen LogP contribution < -0.4 is 5.43 Å². The highest BCUT2D eigenvalue weighted by molar-refractivity contribution is 7.89. The molecule has 1 aliphatic rings. The van der Waals surface area contributed by atoms with Gasteiger partial charge in [0.25, 0.3) is 5.69 Å². The third kappa shape index (κ3) is 4.52. The summed E-state index contributed by atoms with van der Waals surface area (Å²) in [7, 11) is -3.89. The lowest BCUT2D eigenvalue weighted by atomic mass is 10.2. The van der Waals surface area contributed by atoms with Crippen molar-refractivity contribution in [2.45, 2.75) is 30.6 Å². The van der Waals surface area contributed by atoms with E-state index in [0.717, 1.165) is 31.7 Å². The number of nitrogens with zero attached hydrogens (tertiary/aromatic N) is 3. The SMILES string of the molecule is O=[N+]([O-])c1ccc(NN=Cc2ccco2)c(S(=O)(=O)N2CCCCCC2)c1. The standard InChI is InChI=1S/C17H20N4O5S/c22-21(23)14-7-8-16(19-18-13-15-6-5-11-26-15)17(12-14)27(24,25)20-9-3-1-2-4-10-20/h5-8,11-13,19H,1-4,9-10H2. The summed E-state index contributed by atoms with van der Waals surface area (Å²) in [5.74, 6) is 0.487. The van der Waals surface area contributed by atoms with Gasteiger partial charge < -0.3 is 4.42 Å². The van der Waals surface area contributed by atoms with Crippen molar-refractivity contribution in [3.8, 4) is 0 Å². The first-order chi connectivity index (χ1) is 13.0. The van der Waals surface area contributed by atoms with Crippen LogP contribution in [0.5, 0.6) is 0 Å². The number of non-ortho nitro benzene ring substituents is 1. The predicted molar refractivity (Wildman–Crippen MR) is 100 cm³/mol. The summed E-state index contributed by atoms with van der Waals surface area (Å²) in [6, 6.07) is 7.05. The van der Waals surface area contributed by atoms with E-state index in [1.54, 1.807) is 12.1 Å². The summed E-state index contributed by atoms with van der Waals surface area (Å²) >= 11 is 0. The Labute approximate surface area is 156 Å². The summed E-state index contributed by atoms with van der Waals surface area (Å²) in [5, 5.41) is 15.1. The van der Waals surface area contributed by atoms with Gasteiger partial charge in [-0.3, -0.25) is 15.5 Å². The molecule has 0 aliphatic carbocycles. The van der Waals surface area contributed by atoms with Crippen LogP contribution in [-0.4, -0.2) is 37.0 Å². The fourth-order valence-corrected chi connectivity index (χ4v) is 4.56. The van der Waals surface area contributed by atoms with Crippen molar-refractivity contribution in [3.63, 3.8) is 0 Å². The lowest BCUT2D eigenvalue weighted by Crippen LogP contribution is -2.32. The molecule has 0 saturated carbocycles. The molecule has 0 spiro atoms. The molecule has 1 N–H and O–H groups in total. The van der Waals surface area contributed by atoms with Crippen molar-refractivity contribution < 1.29 is 17.8 Å². The summed E-state index contributed by atoms with van der Waals surface area (Å²) in [6.45, 7) is 0.806. The summed E-state index contributed by atoms with van der Waals surface area (Å²) in [5.41, 5.74) is 2.55. The second-order valence-corrected chi connectivity index (χ2v) is 8.05. The van der Waals surface area contributed by atoms with Crippen LogP contribution in [0, 0.1) is 10.1 Å². The number of sulfonamides is 1. The quantitative estimate of drug-likeness (QED) is 0.458. The maximum absolute atomic E-state index is 13.1. The molecule has 2 aromatic rings. The first kappa shape index (κ1) is 19.1. The fraction of sp³-hybridized carbons (Fsp3) is 0.353. The molecule has 2 heterocycles. The first-order valence-corrected chi connectivity index (χ1v) is 10.0. The maximum Gasteiger partial charge on any atom is 0.270 e. The van der Waals surface area contributed by atoms with Gasteiger partial charge >= 0.3 is 0 Å². The smallest absolute Gasteiger partial charge is 0.270 e. The van der Waals surface area contributed by atoms with Crippen molar-refractivity contribution in [1.82, 2.24) is 4.31 Å². The van der Waals surface area contributed by atoms with E-state index in [9.17, 15) is 18.5 Å². The fourth-order valence-electron chi connectivity index (χ4n) is 2.88. The number of furan rings is 1.